The van der Waals surface area contributed by atoms with Crippen molar-refractivity contribution in [3.05, 3.63) is 17.7 Å². The summed E-state index contributed by atoms with van der Waals surface area (Å²) in [6.45, 7) is 3.01. The lowest BCUT2D eigenvalue weighted by molar-refractivity contribution is -0.142. The number of aliphatic carboxylic acids is 1. The zero-order chi connectivity index (χ0) is 12.7. The summed E-state index contributed by atoms with van der Waals surface area (Å²) >= 11 is 0. The molecule has 0 aromatic carbocycles. The first-order chi connectivity index (χ1) is 8.65. The maximum Gasteiger partial charge on any atom is 0.306 e. The van der Waals surface area contributed by atoms with Gasteiger partial charge in [-0.25, -0.2) is 4.98 Å². The van der Waals surface area contributed by atoms with Crippen LogP contribution in [0, 0.1) is 5.92 Å². The van der Waals surface area contributed by atoms with Crippen molar-refractivity contribution in [1.29, 1.82) is 0 Å². The first-order valence-electron chi connectivity index (χ1n) is 6.61. The van der Waals surface area contributed by atoms with Crippen LogP contribution in [-0.2, 0) is 17.8 Å². The molecule has 1 aromatic rings. The van der Waals surface area contributed by atoms with E-state index in [2.05, 4.69) is 21.5 Å². The number of carbonyl (C=O) groups is 1. The van der Waals surface area contributed by atoms with Gasteiger partial charge in [-0.15, -0.1) is 12.4 Å². The molecule has 1 fully saturated rings. The molecular formula is C13H20ClN3O2. The lowest BCUT2D eigenvalue weighted by Crippen LogP contribution is -2.26. The normalized spacial score (nSPS) is 26.8. The first-order valence-corrected chi connectivity index (χ1v) is 6.61. The number of hydrogen-bond acceptors (Lipinski definition) is 3. The standard InChI is InChI=1S/C13H19N3O2.ClH/c1-15-4-2-10(8-15)12-14-7-11-6-9(13(17)18)3-5-16(11)12;/h7,9-10H,2-6,8H2,1H3,(H,17,18);1H. The van der Waals surface area contributed by atoms with Crippen molar-refractivity contribution in [2.45, 2.75) is 31.7 Å². The number of hydrogen-bond donors (Lipinski definition) is 1. The van der Waals surface area contributed by atoms with Crippen molar-refractivity contribution >= 4 is 18.4 Å². The third-order valence-corrected chi connectivity index (χ3v) is 4.23. The number of fused-ring (bicyclic) bond motifs is 1. The summed E-state index contributed by atoms with van der Waals surface area (Å²) < 4.78 is 2.25. The monoisotopic (exact) mass is 285 g/mol. The predicted octanol–water partition coefficient (Wildman–Crippen LogP) is 1.37. The average molecular weight is 286 g/mol. The van der Waals surface area contributed by atoms with Gasteiger partial charge < -0.3 is 14.6 Å². The van der Waals surface area contributed by atoms with Gasteiger partial charge in [-0.3, -0.25) is 4.79 Å². The molecule has 2 aliphatic heterocycles. The summed E-state index contributed by atoms with van der Waals surface area (Å²) in [5, 5.41) is 9.08. The van der Waals surface area contributed by atoms with E-state index in [1.807, 2.05) is 6.20 Å². The van der Waals surface area contributed by atoms with Gasteiger partial charge >= 0.3 is 5.97 Å². The fourth-order valence-electron chi connectivity index (χ4n) is 3.17. The Bertz CT molecular complexity index is 474. The molecule has 3 heterocycles. The van der Waals surface area contributed by atoms with Gasteiger partial charge in [0, 0.05) is 37.3 Å². The van der Waals surface area contributed by atoms with E-state index in [0.717, 1.165) is 44.0 Å². The highest BCUT2D eigenvalue weighted by Gasteiger charge is 2.30. The van der Waals surface area contributed by atoms with Crippen LogP contribution in [0.25, 0.3) is 0 Å². The van der Waals surface area contributed by atoms with Gasteiger partial charge in [-0.2, -0.15) is 0 Å². The van der Waals surface area contributed by atoms with Crippen LogP contribution in [0.1, 0.15) is 30.3 Å². The van der Waals surface area contributed by atoms with E-state index in [1.165, 1.54) is 0 Å². The minimum Gasteiger partial charge on any atom is -0.481 e. The van der Waals surface area contributed by atoms with E-state index in [9.17, 15) is 4.79 Å². The van der Waals surface area contributed by atoms with Gasteiger partial charge in [-0.1, -0.05) is 0 Å². The highest BCUT2D eigenvalue weighted by atomic mass is 35.5. The number of rotatable bonds is 2. The number of likely N-dealkylation sites (N-methyl/N-ethyl adjacent to an activating group) is 1. The Morgan fingerprint density at radius 2 is 2.21 bits per heavy atom. The summed E-state index contributed by atoms with van der Waals surface area (Å²) in [5.74, 6) is 0.779. The zero-order valence-corrected chi connectivity index (χ0v) is 11.9. The van der Waals surface area contributed by atoms with E-state index in [1.54, 1.807) is 0 Å². The van der Waals surface area contributed by atoms with Crippen molar-refractivity contribution in [2.75, 3.05) is 20.1 Å². The number of carboxylic acid groups (broad SMARTS) is 1. The molecule has 1 saturated heterocycles. The molecule has 0 amide bonds. The van der Waals surface area contributed by atoms with E-state index in [-0.39, 0.29) is 18.3 Å². The second-order valence-corrected chi connectivity index (χ2v) is 5.54. The van der Waals surface area contributed by atoms with E-state index in [0.29, 0.717) is 12.3 Å². The van der Waals surface area contributed by atoms with Crippen molar-refractivity contribution in [3.8, 4) is 0 Å². The minimum atomic E-state index is -0.676. The predicted molar refractivity (Wildman–Crippen MR) is 73.8 cm³/mol. The highest BCUT2D eigenvalue weighted by molar-refractivity contribution is 5.85. The highest BCUT2D eigenvalue weighted by Crippen LogP contribution is 2.30. The van der Waals surface area contributed by atoms with Crippen LogP contribution < -0.4 is 0 Å². The number of imidazole rings is 1. The molecule has 3 rings (SSSR count). The van der Waals surface area contributed by atoms with Crippen LogP contribution in [0.5, 0.6) is 0 Å². The molecule has 0 spiro atoms. The Labute approximate surface area is 119 Å². The van der Waals surface area contributed by atoms with E-state index in [4.69, 9.17) is 5.11 Å². The summed E-state index contributed by atoms with van der Waals surface area (Å²) in [6.07, 6.45) is 4.40. The smallest absolute Gasteiger partial charge is 0.306 e. The fourth-order valence-corrected chi connectivity index (χ4v) is 3.17. The van der Waals surface area contributed by atoms with Crippen LogP contribution >= 0.6 is 12.4 Å². The number of nitrogens with zero attached hydrogens (tertiary/aromatic N) is 3. The summed E-state index contributed by atoms with van der Waals surface area (Å²) in [5.41, 5.74) is 1.10. The molecule has 0 aliphatic carbocycles. The summed E-state index contributed by atoms with van der Waals surface area (Å²) in [7, 11) is 2.14. The van der Waals surface area contributed by atoms with E-state index >= 15 is 0 Å². The molecular weight excluding hydrogens is 266 g/mol. The van der Waals surface area contributed by atoms with Crippen molar-refractivity contribution in [2.24, 2.45) is 5.92 Å². The first kappa shape index (κ1) is 14.3. The molecule has 0 bridgehead atoms. The van der Waals surface area contributed by atoms with Crippen LogP contribution in [0.4, 0.5) is 0 Å². The third kappa shape index (κ3) is 2.62. The Morgan fingerprint density at radius 3 is 2.84 bits per heavy atom. The van der Waals surface area contributed by atoms with Gasteiger partial charge in [0.25, 0.3) is 0 Å². The Kier molecular flexibility index (Phi) is 4.16. The van der Waals surface area contributed by atoms with Crippen LogP contribution in [-0.4, -0.2) is 45.7 Å². The molecule has 2 aliphatic rings. The Balaban J connectivity index is 0.00000133. The summed E-state index contributed by atoms with van der Waals surface area (Å²) in [6, 6.07) is 0. The van der Waals surface area contributed by atoms with Gasteiger partial charge in [0.05, 0.1) is 5.92 Å². The Morgan fingerprint density at radius 1 is 1.42 bits per heavy atom. The minimum absolute atomic E-state index is 0. The molecule has 1 N–H and O–H groups in total. The quantitative estimate of drug-likeness (QED) is 0.892. The molecule has 19 heavy (non-hydrogen) atoms. The molecule has 6 heteroatoms. The molecule has 1 aromatic heterocycles. The second-order valence-electron chi connectivity index (χ2n) is 5.54. The van der Waals surface area contributed by atoms with Gasteiger partial charge in [0.2, 0.25) is 0 Å². The van der Waals surface area contributed by atoms with Crippen LogP contribution in [0.15, 0.2) is 6.20 Å². The fraction of sp³-hybridized carbons (Fsp3) is 0.692. The van der Waals surface area contributed by atoms with Gasteiger partial charge in [0.15, 0.2) is 0 Å². The van der Waals surface area contributed by atoms with Crippen LogP contribution in [0.3, 0.4) is 0 Å². The van der Waals surface area contributed by atoms with E-state index < -0.39 is 5.97 Å². The lowest BCUT2D eigenvalue weighted by atomic mass is 9.96. The average Bonchev–Trinajstić information content (AvgIpc) is 2.93. The molecule has 0 saturated carbocycles. The molecule has 2 unspecified atom stereocenters. The lowest BCUT2D eigenvalue weighted by Gasteiger charge is -2.23. The van der Waals surface area contributed by atoms with Crippen molar-refractivity contribution < 1.29 is 9.90 Å². The Hall–Kier alpha value is -1.07. The topological polar surface area (TPSA) is 58.4 Å². The van der Waals surface area contributed by atoms with Crippen LogP contribution in [0.2, 0.25) is 0 Å². The molecule has 2 atom stereocenters. The molecule has 0 radical (unpaired) electrons. The number of halogens is 1. The summed E-state index contributed by atoms with van der Waals surface area (Å²) in [4.78, 5) is 17.9. The number of likely N-dealkylation sites (tertiary alicyclic amines) is 1. The third-order valence-electron chi connectivity index (χ3n) is 4.23. The maximum absolute atomic E-state index is 11.0. The number of aromatic nitrogens is 2. The maximum atomic E-state index is 11.0. The molecule has 5 nitrogen and oxygen atoms in total. The largest absolute Gasteiger partial charge is 0.481 e. The zero-order valence-electron chi connectivity index (χ0n) is 11.1. The van der Waals surface area contributed by atoms with Gasteiger partial charge in [-0.05, 0) is 26.4 Å². The second kappa shape index (κ2) is 5.51. The van der Waals surface area contributed by atoms with Gasteiger partial charge in [0.1, 0.15) is 5.82 Å². The van der Waals surface area contributed by atoms with Crippen molar-refractivity contribution in [3.63, 3.8) is 0 Å². The number of carboxylic acids is 1. The van der Waals surface area contributed by atoms with Crippen molar-refractivity contribution in [1.82, 2.24) is 14.5 Å². The molecule has 106 valence electrons. The SMILES string of the molecule is CN1CCC(c2ncc3n2CCC(C(=O)O)C3)C1.Cl.